The monoisotopic (exact) mass is 182 g/mol. The summed E-state index contributed by atoms with van der Waals surface area (Å²) < 4.78 is 5.26. The smallest absolute Gasteiger partial charge is 0.134 e. The van der Waals surface area contributed by atoms with Crippen molar-refractivity contribution in [1.82, 2.24) is 0 Å². The Kier molecular flexibility index (Phi) is 1.79. The normalized spacial score (nSPS) is 10.8. The zero-order valence-electron chi connectivity index (χ0n) is 6.25. The van der Waals surface area contributed by atoms with Gasteiger partial charge in [-0.05, 0) is 24.3 Å². The van der Waals surface area contributed by atoms with Crippen LogP contribution in [0.25, 0.3) is 11.0 Å². The molecular weight excluding hydrogens is 176 g/mol. The first-order valence-electron chi connectivity index (χ1n) is 3.58. The van der Waals surface area contributed by atoms with Crippen LogP contribution in [0.1, 0.15) is 5.76 Å². The zero-order chi connectivity index (χ0) is 8.55. The van der Waals surface area contributed by atoms with Gasteiger partial charge in [-0.1, -0.05) is 11.6 Å². The Morgan fingerprint density at radius 2 is 2.17 bits per heavy atom. The minimum atomic E-state index is -0.0771. The molecule has 1 N–H and O–H groups in total. The van der Waals surface area contributed by atoms with E-state index >= 15 is 0 Å². The van der Waals surface area contributed by atoms with Crippen LogP contribution in [0, 0.1) is 0 Å². The lowest BCUT2D eigenvalue weighted by molar-refractivity contribution is 0.251. The van der Waals surface area contributed by atoms with E-state index in [2.05, 4.69) is 0 Å². The second-order valence-corrected chi connectivity index (χ2v) is 2.99. The summed E-state index contributed by atoms with van der Waals surface area (Å²) in [4.78, 5) is 0. The van der Waals surface area contributed by atoms with Crippen LogP contribution >= 0.6 is 11.6 Å². The van der Waals surface area contributed by atoms with E-state index in [4.69, 9.17) is 21.1 Å². The van der Waals surface area contributed by atoms with Crippen LogP contribution < -0.4 is 0 Å². The van der Waals surface area contributed by atoms with Crippen molar-refractivity contribution in [3.8, 4) is 0 Å². The van der Waals surface area contributed by atoms with Gasteiger partial charge in [-0.25, -0.2) is 0 Å². The maximum atomic E-state index is 8.78. The van der Waals surface area contributed by atoms with Gasteiger partial charge in [0.1, 0.15) is 18.0 Å². The molecule has 0 aliphatic carbocycles. The number of hydrogen-bond acceptors (Lipinski definition) is 2. The molecular formula is C9H7ClO2. The first kappa shape index (κ1) is 7.65. The summed E-state index contributed by atoms with van der Waals surface area (Å²) in [5.41, 5.74) is 0.753. The molecule has 0 amide bonds. The number of aliphatic hydroxyl groups excluding tert-OH is 1. The highest BCUT2D eigenvalue weighted by Gasteiger charge is 2.01. The van der Waals surface area contributed by atoms with Gasteiger partial charge >= 0.3 is 0 Å². The molecule has 3 heteroatoms. The molecule has 0 spiro atoms. The summed E-state index contributed by atoms with van der Waals surface area (Å²) in [6.45, 7) is -0.0771. The number of hydrogen-bond donors (Lipinski definition) is 1. The van der Waals surface area contributed by atoms with E-state index in [1.54, 1.807) is 24.3 Å². The van der Waals surface area contributed by atoms with Gasteiger partial charge < -0.3 is 9.52 Å². The first-order chi connectivity index (χ1) is 5.79. The summed E-state index contributed by atoms with van der Waals surface area (Å²) in [7, 11) is 0. The number of rotatable bonds is 1. The third-order valence-corrected chi connectivity index (χ3v) is 1.92. The molecule has 2 nitrogen and oxygen atoms in total. The Balaban J connectivity index is 2.67. The second kappa shape index (κ2) is 2.81. The average molecular weight is 183 g/mol. The molecule has 0 bridgehead atoms. The summed E-state index contributed by atoms with van der Waals surface area (Å²) in [5.74, 6) is 0.562. The molecule has 0 unspecified atom stereocenters. The fourth-order valence-electron chi connectivity index (χ4n) is 1.15. The van der Waals surface area contributed by atoms with E-state index in [0.29, 0.717) is 10.8 Å². The number of aliphatic hydroxyl groups is 1. The molecule has 0 atom stereocenters. The molecule has 12 heavy (non-hydrogen) atoms. The lowest BCUT2D eigenvalue weighted by Gasteiger charge is -1.87. The van der Waals surface area contributed by atoms with Gasteiger partial charge in [0.2, 0.25) is 0 Å². The third-order valence-electron chi connectivity index (χ3n) is 1.69. The van der Waals surface area contributed by atoms with Crippen LogP contribution in [0.15, 0.2) is 28.7 Å². The van der Waals surface area contributed by atoms with Gasteiger partial charge in [0, 0.05) is 10.4 Å². The molecule has 62 valence electrons. The van der Waals surface area contributed by atoms with Crippen LogP contribution in [-0.2, 0) is 6.61 Å². The number of furan rings is 1. The van der Waals surface area contributed by atoms with Gasteiger partial charge in [-0.3, -0.25) is 0 Å². The van der Waals surface area contributed by atoms with Crippen LogP contribution in [0.5, 0.6) is 0 Å². The van der Waals surface area contributed by atoms with Crippen molar-refractivity contribution in [1.29, 1.82) is 0 Å². The molecule has 1 aromatic heterocycles. The molecule has 0 saturated carbocycles. The summed E-state index contributed by atoms with van der Waals surface area (Å²) in [6.07, 6.45) is 0. The molecule has 0 radical (unpaired) electrons. The van der Waals surface area contributed by atoms with Gasteiger partial charge in [-0.2, -0.15) is 0 Å². The summed E-state index contributed by atoms with van der Waals surface area (Å²) >= 11 is 5.77. The van der Waals surface area contributed by atoms with Crippen LogP contribution in [0.3, 0.4) is 0 Å². The van der Waals surface area contributed by atoms with Crippen LogP contribution in [-0.4, -0.2) is 5.11 Å². The predicted octanol–water partition coefficient (Wildman–Crippen LogP) is 2.58. The highest BCUT2D eigenvalue weighted by atomic mass is 35.5. The van der Waals surface area contributed by atoms with E-state index in [1.165, 1.54) is 0 Å². The molecule has 0 aliphatic rings. The average Bonchev–Trinajstić information content (AvgIpc) is 2.46. The van der Waals surface area contributed by atoms with Crippen molar-refractivity contribution in [2.24, 2.45) is 0 Å². The lowest BCUT2D eigenvalue weighted by Crippen LogP contribution is -1.72. The van der Waals surface area contributed by atoms with Crippen molar-refractivity contribution in [2.75, 3.05) is 0 Å². The Hall–Kier alpha value is -0.990. The van der Waals surface area contributed by atoms with Crippen molar-refractivity contribution in [3.63, 3.8) is 0 Å². The van der Waals surface area contributed by atoms with E-state index in [0.717, 1.165) is 11.0 Å². The SMILES string of the molecule is OCc1cc2cc(Cl)ccc2o1. The predicted molar refractivity (Wildman–Crippen MR) is 47.1 cm³/mol. The minimum absolute atomic E-state index is 0.0771. The Morgan fingerprint density at radius 3 is 2.92 bits per heavy atom. The summed E-state index contributed by atoms with van der Waals surface area (Å²) in [5, 5.41) is 10.4. The topological polar surface area (TPSA) is 33.4 Å². The Bertz CT molecular complexity index is 406. The quantitative estimate of drug-likeness (QED) is 0.736. The molecule has 1 aromatic carbocycles. The third kappa shape index (κ3) is 1.19. The molecule has 2 aromatic rings. The van der Waals surface area contributed by atoms with E-state index in [9.17, 15) is 0 Å². The zero-order valence-corrected chi connectivity index (χ0v) is 7.01. The van der Waals surface area contributed by atoms with Crippen LogP contribution in [0.2, 0.25) is 5.02 Å². The van der Waals surface area contributed by atoms with Crippen LogP contribution in [0.4, 0.5) is 0 Å². The molecule has 0 saturated heterocycles. The maximum absolute atomic E-state index is 8.78. The van der Waals surface area contributed by atoms with E-state index in [-0.39, 0.29) is 6.61 Å². The highest BCUT2D eigenvalue weighted by molar-refractivity contribution is 6.31. The van der Waals surface area contributed by atoms with Gasteiger partial charge in [0.15, 0.2) is 0 Å². The fourth-order valence-corrected chi connectivity index (χ4v) is 1.33. The Labute approximate surface area is 74.4 Å². The standard InChI is InChI=1S/C9H7ClO2/c10-7-1-2-9-6(3-7)4-8(5-11)12-9/h1-4,11H,5H2. The highest BCUT2D eigenvalue weighted by Crippen LogP contribution is 2.22. The Morgan fingerprint density at radius 1 is 1.33 bits per heavy atom. The van der Waals surface area contributed by atoms with Gasteiger partial charge in [0.05, 0.1) is 0 Å². The van der Waals surface area contributed by atoms with Gasteiger partial charge in [0.25, 0.3) is 0 Å². The maximum Gasteiger partial charge on any atom is 0.134 e. The summed E-state index contributed by atoms with van der Waals surface area (Å²) in [6, 6.07) is 7.13. The minimum Gasteiger partial charge on any atom is -0.459 e. The van der Waals surface area contributed by atoms with Crippen molar-refractivity contribution >= 4 is 22.6 Å². The van der Waals surface area contributed by atoms with Gasteiger partial charge in [-0.15, -0.1) is 0 Å². The molecule has 2 rings (SSSR count). The van der Waals surface area contributed by atoms with Crippen molar-refractivity contribution in [2.45, 2.75) is 6.61 Å². The largest absolute Gasteiger partial charge is 0.459 e. The van der Waals surface area contributed by atoms with Crippen molar-refractivity contribution < 1.29 is 9.52 Å². The number of halogens is 1. The second-order valence-electron chi connectivity index (χ2n) is 2.55. The molecule has 0 aliphatic heterocycles. The lowest BCUT2D eigenvalue weighted by atomic mass is 10.2. The number of fused-ring (bicyclic) bond motifs is 1. The van der Waals surface area contributed by atoms with E-state index in [1.807, 2.05) is 0 Å². The number of benzene rings is 1. The first-order valence-corrected chi connectivity index (χ1v) is 3.96. The fraction of sp³-hybridized carbons (Fsp3) is 0.111. The van der Waals surface area contributed by atoms with Crippen molar-refractivity contribution in [3.05, 3.63) is 35.0 Å². The molecule has 1 heterocycles. The molecule has 0 fully saturated rings. The van der Waals surface area contributed by atoms with E-state index < -0.39 is 0 Å².